The number of hydrogen-bond acceptors (Lipinski definition) is 2. The van der Waals surface area contributed by atoms with Gasteiger partial charge in [-0.25, -0.2) is 0 Å². The van der Waals surface area contributed by atoms with Gasteiger partial charge in [-0.15, -0.1) is 0 Å². The molecule has 1 rings (SSSR count). The maximum absolute atomic E-state index is 11.0. The molecule has 0 saturated carbocycles. The van der Waals surface area contributed by atoms with E-state index in [1.165, 1.54) is 0 Å². The summed E-state index contributed by atoms with van der Waals surface area (Å²) in [6, 6.07) is 0.359. The minimum Gasteiger partial charge on any atom is -0.355 e. The minimum atomic E-state index is 0.175. The van der Waals surface area contributed by atoms with Gasteiger partial charge in [0.2, 0.25) is 5.91 Å². The van der Waals surface area contributed by atoms with Gasteiger partial charge in [-0.2, -0.15) is 0 Å². The molecule has 11 heavy (non-hydrogen) atoms. The Labute approximate surface area is 67.5 Å². The average molecular weight is 156 g/mol. The first-order valence-corrected chi connectivity index (χ1v) is 4.20. The van der Waals surface area contributed by atoms with Crippen LogP contribution in [0.4, 0.5) is 0 Å². The van der Waals surface area contributed by atoms with Crippen LogP contribution in [0, 0.1) is 5.92 Å². The molecule has 0 aromatic rings. The van der Waals surface area contributed by atoms with Crippen molar-refractivity contribution in [2.75, 3.05) is 13.1 Å². The molecule has 64 valence electrons. The molecular weight excluding hydrogens is 140 g/mol. The van der Waals surface area contributed by atoms with E-state index in [4.69, 9.17) is 0 Å². The van der Waals surface area contributed by atoms with Gasteiger partial charge in [-0.3, -0.25) is 4.79 Å². The molecule has 0 radical (unpaired) electrons. The number of carbonyl (C=O) groups excluding carboxylic acids is 1. The Balaban J connectivity index is 2.45. The molecule has 0 bridgehead atoms. The number of rotatable bonds is 1. The Morgan fingerprint density at radius 1 is 1.45 bits per heavy atom. The van der Waals surface area contributed by atoms with Gasteiger partial charge in [-0.1, -0.05) is 13.8 Å². The largest absolute Gasteiger partial charge is 0.355 e. The van der Waals surface area contributed by atoms with Crippen molar-refractivity contribution in [3.8, 4) is 0 Å². The van der Waals surface area contributed by atoms with Gasteiger partial charge in [0, 0.05) is 25.6 Å². The zero-order valence-electron chi connectivity index (χ0n) is 7.18. The van der Waals surface area contributed by atoms with Crippen molar-refractivity contribution < 1.29 is 4.79 Å². The standard InChI is InChI=1S/C8H16N2O/c1-6(2)7-5-8(11)10-4-3-9-7/h6-7,9H,3-5H2,1-2H3,(H,10,11)/t7-/m1/s1. The molecule has 0 aromatic carbocycles. The Kier molecular flexibility index (Phi) is 2.88. The fourth-order valence-electron chi connectivity index (χ4n) is 1.27. The highest BCUT2D eigenvalue weighted by atomic mass is 16.1. The van der Waals surface area contributed by atoms with E-state index in [1.54, 1.807) is 0 Å². The topological polar surface area (TPSA) is 41.1 Å². The quantitative estimate of drug-likeness (QED) is 0.566. The Morgan fingerprint density at radius 2 is 2.18 bits per heavy atom. The summed E-state index contributed by atoms with van der Waals surface area (Å²) in [6.07, 6.45) is 0.623. The second kappa shape index (κ2) is 3.72. The fraction of sp³-hybridized carbons (Fsp3) is 0.875. The molecule has 3 nitrogen and oxygen atoms in total. The summed E-state index contributed by atoms with van der Waals surface area (Å²) in [6.45, 7) is 5.93. The maximum atomic E-state index is 11.0. The van der Waals surface area contributed by atoms with Gasteiger partial charge < -0.3 is 10.6 Å². The third kappa shape index (κ3) is 2.50. The van der Waals surface area contributed by atoms with Gasteiger partial charge in [0.15, 0.2) is 0 Å². The lowest BCUT2D eigenvalue weighted by Gasteiger charge is -2.17. The molecule has 0 aliphatic carbocycles. The molecule has 1 aliphatic heterocycles. The lowest BCUT2D eigenvalue weighted by molar-refractivity contribution is -0.121. The summed E-state index contributed by atoms with van der Waals surface area (Å²) >= 11 is 0. The Morgan fingerprint density at radius 3 is 2.82 bits per heavy atom. The van der Waals surface area contributed by atoms with E-state index < -0.39 is 0 Å². The van der Waals surface area contributed by atoms with Gasteiger partial charge in [-0.05, 0) is 5.92 Å². The third-order valence-corrected chi connectivity index (χ3v) is 2.06. The summed E-state index contributed by atoms with van der Waals surface area (Å²) < 4.78 is 0. The van der Waals surface area contributed by atoms with Crippen LogP contribution >= 0.6 is 0 Å². The average Bonchev–Trinajstić information content (AvgIpc) is 2.13. The van der Waals surface area contributed by atoms with Gasteiger partial charge in [0.05, 0.1) is 0 Å². The third-order valence-electron chi connectivity index (χ3n) is 2.06. The molecule has 1 atom stereocenters. The van der Waals surface area contributed by atoms with Crippen LogP contribution in [0.3, 0.4) is 0 Å². The predicted molar refractivity (Wildman–Crippen MR) is 44.3 cm³/mol. The SMILES string of the molecule is CC(C)[C@H]1CC(=O)NCCN1. The smallest absolute Gasteiger partial charge is 0.221 e. The number of carbonyl (C=O) groups is 1. The number of nitrogens with one attached hydrogen (secondary N) is 2. The molecule has 1 heterocycles. The zero-order valence-corrected chi connectivity index (χ0v) is 7.18. The molecule has 1 amide bonds. The maximum Gasteiger partial charge on any atom is 0.221 e. The molecule has 0 aromatic heterocycles. The van der Waals surface area contributed by atoms with E-state index in [-0.39, 0.29) is 5.91 Å². The zero-order chi connectivity index (χ0) is 8.27. The monoisotopic (exact) mass is 156 g/mol. The summed E-state index contributed by atoms with van der Waals surface area (Å²) in [5.41, 5.74) is 0. The van der Waals surface area contributed by atoms with E-state index in [0.29, 0.717) is 18.4 Å². The van der Waals surface area contributed by atoms with Gasteiger partial charge in [0.25, 0.3) is 0 Å². The van der Waals surface area contributed by atoms with E-state index >= 15 is 0 Å². The van der Waals surface area contributed by atoms with Crippen molar-refractivity contribution in [1.29, 1.82) is 0 Å². The highest BCUT2D eigenvalue weighted by Gasteiger charge is 2.18. The van der Waals surface area contributed by atoms with Crippen molar-refractivity contribution in [2.24, 2.45) is 5.92 Å². The van der Waals surface area contributed by atoms with Crippen LogP contribution in [0.25, 0.3) is 0 Å². The number of hydrogen-bond donors (Lipinski definition) is 2. The van der Waals surface area contributed by atoms with Crippen LogP contribution in [-0.4, -0.2) is 25.0 Å². The van der Waals surface area contributed by atoms with Crippen molar-refractivity contribution in [1.82, 2.24) is 10.6 Å². The Bertz CT molecular complexity index is 145. The van der Waals surface area contributed by atoms with Crippen molar-refractivity contribution in [3.63, 3.8) is 0 Å². The van der Waals surface area contributed by atoms with Crippen molar-refractivity contribution >= 4 is 5.91 Å². The molecule has 0 unspecified atom stereocenters. The second-order valence-electron chi connectivity index (χ2n) is 3.36. The second-order valence-corrected chi connectivity index (χ2v) is 3.36. The molecular formula is C8H16N2O. The van der Waals surface area contributed by atoms with Crippen LogP contribution in [0.2, 0.25) is 0 Å². The van der Waals surface area contributed by atoms with Crippen molar-refractivity contribution in [2.45, 2.75) is 26.3 Å². The van der Waals surface area contributed by atoms with E-state index in [2.05, 4.69) is 24.5 Å². The summed E-state index contributed by atoms with van der Waals surface area (Å²) in [5.74, 6) is 0.715. The van der Waals surface area contributed by atoms with Crippen LogP contribution < -0.4 is 10.6 Å². The summed E-state index contributed by atoms with van der Waals surface area (Å²) in [4.78, 5) is 11.0. The molecule has 1 fully saturated rings. The van der Waals surface area contributed by atoms with Gasteiger partial charge in [0.1, 0.15) is 0 Å². The highest BCUT2D eigenvalue weighted by molar-refractivity contribution is 5.76. The predicted octanol–water partition coefficient (Wildman–Crippen LogP) is 0.120. The normalized spacial score (nSPS) is 26.5. The Hall–Kier alpha value is -0.570. The molecule has 1 aliphatic rings. The van der Waals surface area contributed by atoms with Crippen LogP contribution in [0.15, 0.2) is 0 Å². The summed E-state index contributed by atoms with van der Waals surface area (Å²) in [5, 5.41) is 6.16. The molecule has 0 spiro atoms. The van der Waals surface area contributed by atoms with E-state index in [1.807, 2.05) is 0 Å². The van der Waals surface area contributed by atoms with Crippen molar-refractivity contribution in [3.05, 3.63) is 0 Å². The first kappa shape index (κ1) is 8.53. The lowest BCUT2D eigenvalue weighted by atomic mass is 10.0. The summed E-state index contributed by atoms with van der Waals surface area (Å²) in [7, 11) is 0. The fourth-order valence-corrected chi connectivity index (χ4v) is 1.27. The van der Waals surface area contributed by atoms with Crippen LogP contribution in [-0.2, 0) is 4.79 Å². The molecule has 1 saturated heterocycles. The van der Waals surface area contributed by atoms with Crippen LogP contribution in [0.1, 0.15) is 20.3 Å². The number of amides is 1. The van der Waals surface area contributed by atoms with Gasteiger partial charge >= 0.3 is 0 Å². The minimum absolute atomic E-state index is 0.175. The van der Waals surface area contributed by atoms with E-state index in [0.717, 1.165) is 13.1 Å². The van der Waals surface area contributed by atoms with E-state index in [9.17, 15) is 4.79 Å². The molecule has 3 heteroatoms. The first-order valence-electron chi connectivity index (χ1n) is 4.20. The molecule has 2 N–H and O–H groups in total. The lowest BCUT2D eigenvalue weighted by Crippen LogP contribution is -2.34. The highest BCUT2D eigenvalue weighted by Crippen LogP contribution is 2.06. The first-order chi connectivity index (χ1) is 5.20. The van der Waals surface area contributed by atoms with Crippen LogP contribution in [0.5, 0.6) is 0 Å².